The summed E-state index contributed by atoms with van der Waals surface area (Å²) in [5.74, 6) is 6.07. The van der Waals surface area contributed by atoms with Gasteiger partial charge in [0.05, 0.1) is 30.2 Å². The number of rotatable bonds is 3. The Morgan fingerprint density at radius 1 is 1.04 bits per heavy atom. The van der Waals surface area contributed by atoms with Gasteiger partial charge in [-0.05, 0) is 38.3 Å². The molecule has 0 aliphatic heterocycles. The summed E-state index contributed by atoms with van der Waals surface area (Å²) in [6.07, 6.45) is 2.26. The number of esters is 2. The number of pyridine rings is 1. The zero-order chi connectivity index (χ0) is 18.9. The maximum Gasteiger partial charge on any atom is 0.387 e. The van der Waals surface area contributed by atoms with Crippen molar-refractivity contribution in [3.63, 3.8) is 0 Å². The van der Waals surface area contributed by atoms with Crippen molar-refractivity contribution in [2.75, 3.05) is 13.2 Å². The van der Waals surface area contributed by atoms with Crippen LogP contribution in [0.4, 0.5) is 0 Å². The molecule has 6 heteroatoms. The van der Waals surface area contributed by atoms with Gasteiger partial charge in [-0.2, -0.15) is 0 Å². The Bertz CT molecular complexity index is 957. The molecule has 0 fully saturated rings. The Hall–Kier alpha value is -3.51. The molecule has 0 aliphatic carbocycles. The first-order valence-corrected chi connectivity index (χ1v) is 7.99. The molecule has 6 nitrogen and oxygen atoms in total. The third-order valence-corrected chi connectivity index (χ3v) is 3.26. The van der Waals surface area contributed by atoms with Crippen LogP contribution in [-0.2, 0) is 19.1 Å². The van der Waals surface area contributed by atoms with Gasteiger partial charge in [0.1, 0.15) is 6.11 Å². The zero-order valence-corrected chi connectivity index (χ0v) is 14.7. The summed E-state index contributed by atoms with van der Waals surface area (Å²) in [5, 5.41) is 0.867. The minimum atomic E-state index is -0.704. The standard InChI is InChI=1S/C20H17NO5/c1-4-24-18(22)11-10-16-14(3)15-8-6-7-9-17(15)21-20(16)26-13-12-19(23)25-5-2/h6-9H,4-5H2,1-3H3. The molecular weight excluding hydrogens is 334 g/mol. The van der Waals surface area contributed by atoms with Crippen LogP contribution >= 0.6 is 0 Å². The smallest absolute Gasteiger partial charge is 0.387 e. The number of carbonyl (C=O) groups excluding carboxylic acids is 2. The molecule has 0 bridgehead atoms. The monoisotopic (exact) mass is 351 g/mol. The van der Waals surface area contributed by atoms with Gasteiger partial charge >= 0.3 is 11.9 Å². The summed E-state index contributed by atoms with van der Waals surface area (Å²) in [4.78, 5) is 27.2. The molecule has 0 saturated carbocycles. The van der Waals surface area contributed by atoms with E-state index in [4.69, 9.17) is 14.2 Å². The Morgan fingerprint density at radius 2 is 1.69 bits per heavy atom. The number of hydrogen-bond acceptors (Lipinski definition) is 6. The van der Waals surface area contributed by atoms with Crippen molar-refractivity contribution >= 4 is 22.8 Å². The number of fused-ring (bicyclic) bond motifs is 1. The summed E-state index contributed by atoms with van der Waals surface area (Å²) in [5.41, 5.74) is 1.86. The first-order chi connectivity index (χ1) is 12.6. The van der Waals surface area contributed by atoms with E-state index < -0.39 is 11.9 Å². The lowest BCUT2D eigenvalue weighted by atomic mass is 10.0. The lowest BCUT2D eigenvalue weighted by Crippen LogP contribution is -2.02. The minimum Gasteiger partial charge on any atom is -0.456 e. The van der Waals surface area contributed by atoms with Gasteiger partial charge in [0.2, 0.25) is 5.88 Å². The van der Waals surface area contributed by atoms with Crippen molar-refractivity contribution in [2.24, 2.45) is 0 Å². The summed E-state index contributed by atoms with van der Waals surface area (Å²) < 4.78 is 14.8. The van der Waals surface area contributed by atoms with Crippen molar-refractivity contribution < 1.29 is 23.8 Å². The average molecular weight is 351 g/mol. The lowest BCUT2D eigenvalue weighted by molar-refractivity contribution is -0.137. The van der Waals surface area contributed by atoms with Crippen LogP contribution in [-0.4, -0.2) is 30.1 Å². The molecule has 0 radical (unpaired) electrons. The largest absolute Gasteiger partial charge is 0.456 e. The van der Waals surface area contributed by atoms with E-state index in [-0.39, 0.29) is 19.1 Å². The molecule has 0 aliphatic rings. The number of aryl methyl sites for hydroxylation is 1. The third-order valence-electron chi connectivity index (χ3n) is 3.26. The molecule has 0 atom stereocenters. The van der Waals surface area contributed by atoms with Gasteiger partial charge in [-0.25, -0.2) is 14.6 Å². The number of nitrogens with zero attached hydrogens (tertiary/aromatic N) is 1. The van der Waals surface area contributed by atoms with Crippen LogP contribution in [0.5, 0.6) is 5.88 Å². The maximum atomic E-state index is 11.5. The van der Waals surface area contributed by atoms with Gasteiger partial charge in [0.15, 0.2) is 0 Å². The summed E-state index contributed by atoms with van der Waals surface area (Å²) >= 11 is 0. The van der Waals surface area contributed by atoms with E-state index in [9.17, 15) is 9.59 Å². The van der Waals surface area contributed by atoms with Crippen molar-refractivity contribution in [3.8, 4) is 29.7 Å². The number of ether oxygens (including phenoxy) is 3. The fourth-order valence-corrected chi connectivity index (χ4v) is 2.13. The van der Waals surface area contributed by atoms with E-state index >= 15 is 0 Å². The predicted molar refractivity (Wildman–Crippen MR) is 95.0 cm³/mol. The first-order valence-electron chi connectivity index (χ1n) is 7.99. The van der Waals surface area contributed by atoms with Crippen LogP contribution in [0.1, 0.15) is 25.0 Å². The average Bonchev–Trinajstić information content (AvgIpc) is 2.62. The Labute approximate surface area is 151 Å². The molecule has 1 heterocycles. The van der Waals surface area contributed by atoms with Gasteiger partial charge in [-0.1, -0.05) is 18.2 Å². The second-order valence-corrected chi connectivity index (χ2v) is 4.95. The highest BCUT2D eigenvalue weighted by Crippen LogP contribution is 2.26. The summed E-state index contributed by atoms with van der Waals surface area (Å²) in [6.45, 7) is 5.67. The Balaban J connectivity index is 2.47. The fourth-order valence-electron chi connectivity index (χ4n) is 2.13. The molecule has 26 heavy (non-hydrogen) atoms. The second-order valence-electron chi connectivity index (χ2n) is 4.95. The van der Waals surface area contributed by atoms with Crippen LogP contribution < -0.4 is 4.74 Å². The zero-order valence-electron chi connectivity index (χ0n) is 14.7. The highest BCUT2D eigenvalue weighted by Gasteiger charge is 2.12. The minimum absolute atomic E-state index is 0.106. The molecule has 0 N–H and O–H groups in total. The second kappa shape index (κ2) is 9.10. The number of para-hydroxylation sites is 1. The third kappa shape index (κ3) is 4.75. The van der Waals surface area contributed by atoms with Gasteiger partial charge in [-0.15, -0.1) is 0 Å². The predicted octanol–water partition coefficient (Wildman–Crippen LogP) is 2.36. The molecule has 0 saturated heterocycles. The normalized spacial score (nSPS) is 9.35. The fraction of sp³-hybridized carbons (Fsp3) is 0.250. The summed E-state index contributed by atoms with van der Waals surface area (Å²) in [6, 6.07) is 7.42. The first kappa shape index (κ1) is 18.8. The van der Waals surface area contributed by atoms with Crippen molar-refractivity contribution in [1.82, 2.24) is 4.98 Å². The van der Waals surface area contributed by atoms with Gasteiger partial charge in [0, 0.05) is 11.3 Å². The van der Waals surface area contributed by atoms with Crippen LogP contribution in [0, 0.1) is 30.8 Å². The molecule has 0 amide bonds. The Kier molecular flexibility index (Phi) is 6.59. The SMILES string of the molecule is CCOC(=O)C#COc1nc2ccccc2c(C)c1C#CC(=O)OCC. The topological polar surface area (TPSA) is 74.7 Å². The number of carbonyl (C=O) groups is 2. The van der Waals surface area contributed by atoms with Crippen molar-refractivity contribution in [3.05, 3.63) is 35.4 Å². The molecule has 1 aromatic heterocycles. The highest BCUT2D eigenvalue weighted by atomic mass is 16.5. The molecule has 0 unspecified atom stereocenters. The number of benzene rings is 1. The lowest BCUT2D eigenvalue weighted by Gasteiger charge is -2.08. The highest BCUT2D eigenvalue weighted by molar-refractivity contribution is 5.91. The number of aromatic nitrogens is 1. The van der Waals surface area contributed by atoms with Crippen LogP contribution in [0.2, 0.25) is 0 Å². The van der Waals surface area contributed by atoms with E-state index in [0.717, 1.165) is 10.9 Å². The van der Waals surface area contributed by atoms with Crippen LogP contribution in [0.25, 0.3) is 10.9 Å². The summed E-state index contributed by atoms with van der Waals surface area (Å²) in [7, 11) is 0. The van der Waals surface area contributed by atoms with E-state index in [1.54, 1.807) is 13.8 Å². The molecule has 2 rings (SSSR count). The van der Waals surface area contributed by atoms with E-state index in [2.05, 4.69) is 28.9 Å². The quantitative estimate of drug-likeness (QED) is 0.624. The maximum absolute atomic E-state index is 11.5. The van der Waals surface area contributed by atoms with E-state index in [1.807, 2.05) is 31.2 Å². The van der Waals surface area contributed by atoms with Gasteiger partial charge in [-0.3, -0.25) is 0 Å². The molecule has 1 aromatic carbocycles. The van der Waals surface area contributed by atoms with Crippen LogP contribution in [0.15, 0.2) is 24.3 Å². The Morgan fingerprint density at radius 3 is 2.38 bits per heavy atom. The van der Waals surface area contributed by atoms with Crippen LogP contribution in [0.3, 0.4) is 0 Å². The number of hydrogen-bond donors (Lipinski definition) is 0. The van der Waals surface area contributed by atoms with E-state index in [0.29, 0.717) is 11.1 Å². The van der Waals surface area contributed by atoms with Gasteiger partial charge < -0.3 is 14.2 Å². The van der Waals surface area contributed by atoms with Crippen molar-refractivity contribution in [1.29, 1.82) is 0 Å². The van der Waals surface area contributed by atoms with E-state index in [1.165, 1.54) is 0 Å². The molecule has 132 valence electrons. The van der Waals surface area contributed by atoms with Crippen molar-refractivity contribution in [2.45, 2.75) is 20.8 Å². The molecule has 2 aromatic rings. The van der Waals surface area contributed by atoms with Gasteiger partial charge in [0.25, 0.3) is 0 Å². The molecule has 0 spiro atoms. The molecular formula is C20H17NO5.